The molecule has 9 heavy (non-hydrogen) atoms. The van der Waals surface area contributed by atoms with Gasteiger partial charge in [-0.05, 0) is 0 Å². The number of rotatable bonds is 0. The molecule has 1 saturated heterocycles. The molecule has 0 aliphatic carbocycles. The van der Waals surface area contributed by atoms with Crippen molar-refractivity contribution in [1.29, 1.82) is 0 Å². The van der Waals surface area contributed by atoms with Crippen LogP contribution in [0.3, 0.4) is 0 Å². The van der Waals surface area contributed by atoms with E-state index in [0.717, 1.165) is 0 Å². The Balaban J connectivity index is 2.72. The molecular weight excluding hydrogens is 142 g/mol. The molecule has 0 bridgehead atoms. The summed E-state index contributed by atoms with van der Waals surface area (Å²) in [6, 6.07) is 0. The Labute approximate surface area is 54.0 Å². The maximum Gasteiger partial charge on any atom is 0.244 e. The van der Waals surface area contributed by atoms with E-state index >= 15 is 0 Å². The summed E-state index contributed by atoms with van der Waals surface area (Å²) in [5.74, 6) is 0. The molecule has 0 aromatic carbocycles. The van der Waals surface area contributed by atoms with Crippen LogP contribution in [0.4, 0.5) is 0 Å². The lowest BCUT2D eigenvalue weighted by atomic mass is 10.8. The molecule has 0 spiro atoms. The zero-order chi connectivity index (χ0) is 6.69. The van der Waals surface area contributed by atoms with Gasteiger partial charge in [-0.25, -0.2) is 0 Å². The highest BCUT2D eigenvalue weighted by molar-refractivity contribution is 7.72. The summed E-state index contributed by atoms with van der Waals surface area (Å²) in [5, 5.41) is 8.21. The monoisotopic (exact) mass is 149 g/mol. The summed E-state index contributed by atoms with van der Waals surface area (Å²) in [5.41, 5.74) is 0. The Hall–Kier alpha value is -0.430. The quantitative estimate of drug-likeness (QED) is 0.336. The highest BCUT2D eigenvalue weighted by Gasteiger charge is 2.03. The average Bonchev–Trinajstić information content (AvgIpc) is 1.90. The van der Waals surface area contributed by atoms with Crippen LogP contribution in [-0.2, 0) is 10.3 Å². The van der Waals surface area contributed by atoms with Crippen LogP contribution in [0.5, 0.6) is 0 Å². The highest BCUT2D eigenvalue weighted by atomic mass is 32.2. The van der Waals surface area contributed by atoms with Crippen LogP contribution in [-0.4, -0.2) is 26.9 Å². The maximum absolute atomic E-state index is 10.2. The first-order valence-corrected chi connectivity index (χ1v) is 3.53. The van der Waals surface area contributed by atoms with E-state index in [1.165, 1.54) is 0 Å². The molecule has 1 aliphatic heterocycles. The van der Waals surface area contributed by atoms with Crippen LogP contribution in [0.25, 0.3) is 0 Å². The van der Waals surface area contributed by atoms with Crippen LogP contribution in [0.15, 0.2) is 0 Å². The zero-order valence-electron chi connectivity index (χ0n) is 4.64. The van der Waals surface area contributed by atoms with Crippen LogP contribution < -0.4 is 16.0 Å². The minimum atomic E-state index is -2.15. The molecule has 0 saturated carbocycles. The summed E-state index contributed by atoms with van der Waals surface area (Å²) in [6.45, 7) is 0.993. The Morgan fingerprint density at radius 2 is 1.78 bits per heavy atom. The van der Waals surface area contributed by atoms with E-state index in [1.54, 1.807) is 0 Å². The van der Waals surface area contributed by atoms with Crippen molar-refractivity contribution in [2.75, 3.05) is 13.3 Å². The normalized spacial score (nSPS) is 19.8. The van der Waals surface area contributed by atoms with Crippen molar-refractivity contribution in [2.45, 2.75) is 0 Å². The standard InChI is InChI=1S/C3H7N3O2S/c7-9(8)3-5-1-4-2-6-3/h4-6H,1-2H2. The van der Waals surface area contributed by atoms with Crippen LogP contribution >= 0.6 is 0 Å². The number of hydrogen-bond donors (Lipinski definition) is 3. The lowest BCUT2D eigenvalue weighted by Crippen LogP contribution is -2.52. The molecule has 1 fully saturated rings. The Morgan fingerprint density at radius 1 is 1.22 bits per heavy atom. The first-order valence-electron chi connectivity index (χ1n) is 2.45. The van der Waals surface area contributed by atoms with E-state index in [9.17, 15) is 8.42 Å². The molecule has 1 aliphatic rings. The lowest BCUT2D eigenvalue weighted by molar-refractivity contribution is 0.586. The molecule has 5 nitrogen and oxygen atoms in total. The fourth-order valence-electron chi connectivity index (χ4n) is 0.528. The van der Waals surface area contributed by atoms with Crippen molar-refractivity contribution in [1.82, 2.24) is 16.0 Å². The van der Waals surface area contributed by atoms with Crippen molar-refractivity contribution >= 4 is 15.4 Å². The molecule has 0 radical (unpaired) electrons. The summed E-state index contributed by atoms with van der Waals surface area (Å²) < 4.78 is 20.3. The fourth-order valence-corrected chi connectivity index (χ4v) is 0.908. The van der Waals surface area contributed by atoms with Gasteiger partial charge in [0.1, 0.15) is 0 Å². The van der Waals surface area contributed by atoms with E-state index in [4.69, 9.17) is 0 Å². The predicted octanol–water partition coefficient (Wildman–Crippen LogP) is -2.35. The SMILES string of the molecule is O=S(=O)=C1NCNCN1. The third kappa shape index (κ3) is 1.75. The van der Waals surface area contributed by atoms with Gasteiger partial charge in [-0.3, -0.25) is 16.0 Å². The topological polar surface area (TPSA) is 70.2 Å². The average molecular weight is 149 g/mol. The van der Waals surface area contributed by atoms with Gasteiger partial charge in [-0.1, -0.05) is 0 Å². The Bertz CT molecular complexity index is 203. The van der Waals surface area contributed by atoms with Gasteiger partial charge in [0.15, 0.2) is 5.11 Å². The van der Waals surface area contributed by atoms with E-state index in [2.05, 4.69) is 16.0 Å². The first kappa shape index (κ1) is 6.69. The second-order valence-electron chi connectivity index (χ2n) is 1.52. The highest BCUT2D eigenvalue weighted by Crippen LogP contribution is 1.65. The van der Waals surface area contributed by atoms with Crippen LogP contribution in [0, 0.1) is 0 Å². The van der Waals surface area contributed by atoms with Crippen LogP contribution in [0.2, 0.25) is 0 Å². The number of hydrogen-bond acceptors (Lipinski definition) is 3. The summed E-state index contributed by atoms with van der Waals surface area (Å²) in [7, 11) is -2.15. The van der Waals surface area contributed by atoms with Crippen molar-refractivity contribution in [3.63, 3.8) is 0 Å². The van der Waals surface area contributed by atoms with E-state index in [0.29, 0.717) is 13.3 Å². The van der Waals surface area contributed by atoms with Gasteiger partial charge in [0.2, 0.25) is 10.3 Å². The predicted molar refractivity (Wildman–Crippen MR) is 33.1 cm³/mol. The molecule has 0 aromatic heterocycles. The Kier molecular flexibility index (Phi) is 2.17. The zero-order valence-corrected chi connectivity index (χ0v) is 5.46. The molecule has 52 valence electrons. The van der Waals surface area contributed by atoms with Gasteiger partial charge >= 0.3 is 0 Å². The molecule has 1 heterocycles. The van der Waals surface area contributed by atoms with E-state index < -0.39 is 10.3 Å². The van der Waals surface area contributed by atoms with Crippen molar-refractivity contribution in [3.05, 3.63) is 0 Å². The lowest BCUT2D eigenvalue weighted by Gasteiger charge is -2.13. The third-order valence-corrected chi connectivity index (χ3v) is 1.54. The molecule has 0 unspecified atom stereocenters. The molecule has 0 aromatic rings. The van der Waals surface area contributed by atoms with Gasteiger partial charge in [0, 0.05) is 0 Å². The smallest absolute Gasteiger partial charge is 0.244 e. The first-order chi connectivity index (χ1) is 4.30. The van der Waals surface area contributed by atoms with Gasteiger partial charge in [-0.2, -0.15) is 8.42 Å². The second kappa shape index (κ2) is 2.92. The summed E-state index contributed by atoms with van der Waals surface area (Å²) in [6.07, 6.45) is 0. The van der Waals surface area contributed by atoms with E-state index in [-0.39, 0.29) is 5.11 Å². The fraction of sp³-hybridized carbons (Fsp3) is 0.667. The van der Waals surface area contributed by atoms with Gasteiger partial charge < -0.3 is 0 Å². The van der Waals surface area contributed by atoms with Gasteiger partial charge in [0.05, 0.1) is 13.3 Å². The minimum Gasteiger partial charge on any atom is -0.291 e. The molecular formula is C3H7N3O2S. The maximum atomic E-state index is 10.2. The minimum absolute atomic E-state index is 0.161. The van der Waals surface area contributed by atoms with Crippen molar-refractivity contribution < 1.29 is 8.42 Å². The van der Waals surface area contributed by atoms with Gasteiger partial charge in [0.25, 0.3) is 0 Å². The summed E-state index contributed by atoms with van der Waals surface area (Å²) in [4.78, 5) is 0. The largest absolute Gasteiger partial charge is 0.291 e. The van der Waals surface area contributed by atoms with Gasteiger partial charge in [-0.15, -0.1) is 0 Å². The molecule has 3 N–H and O–H groups in total. The second-order valence-corrected chi connectivity index (χ2v) is 2.40. The van der Waals surface area contributed by atoms with Crippen molar-refractivity contribution in [3.8, 4) is 0 Å². The molecule has 6 heteroatoms. The van der Waals surface area contributed by atoms with Crippen LogP contribution in [0.1, 0.15) is 0 Å². The van der Waals surface area contributed by atoms with Crippen molar-refractivity contribution in [2.24, 2.45) is 0 Å². The Morgan fingerprint density at radius 3 is 2.11 bits per heavy atom. The molecule has 1 rings (SSSR count). The molecule has 0 amide bonds. The molecule has 0 atom stereocenters. The number of nitrogens with one attached hydrogen (secondary N) is 3. The van der Waals surface area contributed by atoms with E-state index in [1.807, 2.05) is 0 Å². The third-order valence-electron chi connectivity index (χ3n) is 0.915. The summed E-state index contributed by atoms with van der Waals surface area (Å²) >= 11 is 0.